The maximum atomic E-state index is 11.9. The summed E-state index contributed by atoms with van der Waals surface area (Å²) in [6.07, 6.45) is 44.9. The fourth-order valence-corrected chi connectivity index (χ4v) is 6.28. The van der Waals surface area contributed by atoms with Crippen LogP contribution in [-0.4, -0.2) is 37.6 Å². The van der Waals surface area contributed by atoms with E-state index in [0.29, 0.717) is 6.54 Å². The van der Waals surface area contributed by atoms with Gasteiger partial charge in [-0.2, -0.15) is 0 Å². The zero-order valence-corrected chi connectivity index (χ0v) is 29.5. The topological polar surface area (TPSA) is 29.5 Å². The zero-order chi connectivity index (χ0) is 30.6. The van der Waals surface area contributed by atoms with Crippen LogP contribution in [0.2, 0.25) is 0 Å². The quantitative estimate of drug-likeness (QED) is 0.0534. The van der Waals surface area contributed by atoms with Gasteiger partial charge in [0.15, 0.2) is 0 Å². The lowest BCUT2D eigenvalue weighted by Gasteiger charge is -2.21. The van der Waals surface area contributed by atoms with Crippen molar-refractivity contribution in [1.29, 1.82) is 0 Å². The van der Waals surface area contributed by atoms with E-state index in [2.05, 4.69) is 18.7 Å². The molecule has 42 heavy (non-hydrogen) atoms. The Morgan fingerprint density at radius 2 is 0.595 bits per heavy atom. The van der Waals surface area contributed by atoms with Gasteiger partial charge < -0.3 is 4.74 Å². The normalized spacial score (nSPS) is 11.5. The number of carbonyl (C=O) groups excluding carboxylic acids is 1. The number of rotatable bonds is 36. The third kappa shape index (κ3) is 33.9. The molecule has 0 heterocycles. The van der Waals surface area contributed by atoms with Gasteiger partial charge in [0.1, 0.15) is 0 Å². The van der Waals surface area contributed by atoms with E-state index in [-0.39, 0.29) is 5.97 Å². The molecule has 0 N–H and O–H groups in total. The molecule has 0 unspecified atom stereocenters. The van der Waals surface area contributed by atoms with Gasteiger partial charge in [0.2, 0.25) is 0 Å². The summed E-state index contributed by atoms with van der Waals surface area (Å²) >= 11 is 0. The van der Waals surface area contributed by atoms with E-state index < -0.39 is 0 Å². The second kappa shape index (κ2) is 36.6. The first kappa shape index (κ1) is 41.4. The molecule has 252 valence electrons. The van der Waals surface area contributed by atoms with Crippen LogP contribution in [0.5, 0.6) is 0 Å². The summed E-state index contributed by atoms with van der Waals surface area (Å²) in [5, 5.41) is 0. The van der Waals surface area contributed by atoms with E-state index in [9.17, 15) is 4.79 Å². The van der Waals surface area contributed by atoms with Crippen molar-refractivity contribution in [2.45, 2.75) is 219 Å². The largest absolute Gasteiger partial charge is 0.468 e. The summed E-state index contributed by atoms with van der Waals surface area (Å²) in [7, 11) is 1.52. The SMILES string of the molecule is CCCCCCCCCCCCCCCCCCN(CCCCCCCCCCCCCCCCCC)CC(=O)OC. The second-order valence-electron chi connectivity index (χ2n) is 13.5. The summed E-state index contributed by atoms with van der Waals surface area (Å²) in [6.45, 7) is 7.15. The molecule has 0 aliphatic heterocycles. The molecule has 0 fully saturated rings. The number of unbranched alkanes of at least 4 members (excludes halogenated alkanes) is 30. The van der Waals surface area contributed by atoms with Gasteiger partial charge in [0, 0.05) is 0 Å². The molecular formula is C39H79NO2. The van der Waals surface area contributed by atoms with Crippen LogP contribution < -0.4 is 0 Å². The van der Waals surface area contributed by atoms with Crippen molar-refractivity contribution in [2.75, 3.05) is 26.7 Å². The van der Waals surface area contributed by atoms with Crippen LogP contribution in [-0.2, 0) is 9.53 Å². The Balaban J connectivity index is 3.56. The van der Waals surface area contributed by atoms with Crippen LogP contribution in [0.15, 0.2) is 0 Å². The summed E-state index contributed by atoms with van der Waals surface area (Å²) < 4.78 is 4.97. The second-order valence-corrected chi connectivity index (χ2v) is 13.5. The van der Waals surface area contributed by atoms with Gasteiger partial charge in [-0.15, -0.1) is 0 Å². The highest BCUT2D eigenvalue weighted by molar-refractivity contribution is 5.71. The number of hydrogen-bond acceptors (Lipinski definition) is 3. The molecule has 0 aliphatic rings. The fraction of sp³-hybridized carbons (Fsp3) is 0.974. The molecule has 0 bridgehead atoms. The number of methoxy groups -OCH3 is 1. The van der Waals surface area contributed by atoms with E-state index in [1.165, 1.54) is 213 Å². The zero-order valence-electron chi connectivity index (χ0n) is 29.5. The number of nitrogens with zero attached hydrogens (tertiary/aromatic N) is 1. The standard InChI is InChI=1S/C39H79NO2/c1-4-6-8-10-12-14-16-18-20-22-24-26-28-30-32-34-36-40(38-39(41)42-3)37-35-33-31-29-27-25-23-21-19-17-15-13-11-9-7-5-2/h4-38H2,1-3H3. The lowest BCUT2D eigenvalue weighted by Crippen LogP contribution is -2.32. The molecule has 0 spiro atoms. The Morgan fingerprint density at radius 1 is 0.381 bits per heavy atom. The summed E-state index contributed by atoms with van der Waals surface area (Å²) in [5.41, 5.74) is 0. The van der Waals surface area contributed by atoms with Crippen LogP contribution in [0.1, 0.15) is 219 Å². The smallest absolute Gasteiger partial charge is 0.319 e. The van der Waals surface area contributed by atoms with Crippen molar-refractivity contribution in [3.8, 4) is 0 Å². The first-order valence-electron chi connectivity index (χ1n) is 19.5. The van der Waals surface area contributed by atoms with E-state index in [0.717, 1.165) is 13.1 Å². The van der Waals surface area contributed by atoms with Crippen molar-refractivity contribution < 1.29 is 9.53 Å². The maximum absolute atomic E-state index is 11.9. The third-order valence-corrected chi connectivity index (χ3v) is 9.24. The van der Waals surface area contributed by atoms with Gasteiger partial charge >= 0.3 is 5.97 Å². The molecule has 0 aliphatic carbocycles. The van der Waals surface area contributed by atoms with Gasteiger partial charge in [0.25, 0.3) is 0 Å². The summed E-state index contributed by atoms with van der Waals surface area (Å²) in [6, 6.07) is 0. The van der Waals surface area contributed by atoms with Gasteiger partial charge in [-0.05, 0) is 25.9 Å². The van der Waals surface area contributed by atoms with Crippen LogP contribution >= 0.6 is 0 Å². The number of carbonyl (C=O) groups is 1. The highest BCUT2D eigenvalue weighted by atomic mass is 16.5. The van der Waals surface area contributed by atoms with Gasteiger partial charge in [-0.25, -0.2) is 0 Å². The Bertz CT molecular complexity index is 473. The number of hydrogen-bond donors (Lipinski definition) is 0. The lowest BCUT2D eigenvalue weighted by molar-refractivity contribution is -0.141. The van der Waals surface area contributed by atoms with Gasteiger partial charge in [0.05, 0.1) is 13.7 Å². The van der Waals surface area contributed by atoms with Crippen LogP contribution in [0.4, 0.5) is 0 Å². The molecule has 0 saturated heterocycles. The van der Waals surface area contributed by atoms with Crippen LogP contribution in [0.3, 0.4) is 0 Å². The predicted molar refractivity (Wildman–Crippen MR) is 188 cm³/mol. The molecule has 0 radical (unpaired) electrons. The molecular weight excluding hydrogens is 514 g/mol. The number of ether oxygens (including phenoxy) is 1. The highest BCUT2D eigenvalue weighted by Gasteiger charge is 2.10. The molecule has 0 aromatic heterocycles. The Morgan fingerprint density at radius 3 is 0.810 bits per heavy atom. The summed E-state index contributed by atoms with van der Waals surface area (Å²) in [4.78, 5) is 14.2. The minimum Gasteiger partial charge on any atom is -0.468 e. The van der Waals surface area contributed by atoms with Crippen molar-refractivity contribution in [1.82, 2.24) is 4.90 Å². The lowest BCUT2D eigenvalue weighted by atomic mass is 10.0. The fourth-order valence-electron chi connectivity index (χ4n) is 6.28. The van der Waals surface area contributed by atoms with E-state index in [1.54, 1.807) is 0 Å². The molecule has 3 nitrogen and oxygen atoms in total. The highest BCUT2D eigenvalue weighted by Crippen LogP contribution is 2.16. The van der Waals surface area contributed by atoms with Crippen molar-refractivity contribution in [3.05, 3.63) is 0 Å². The average Bonchev–Trinajstić information content (AvgIpc) is 3.00. The van der Waals surface area contributed by atoms with Gasteiger partial charge in [-0.1, -0.05) is 206 Å². The Kier molecular flexibility index (Phi) is 36.1. The summed E-state index contributed by atoms with van der Waals surface area (Å²) in [5.74, 6) is -0.0806. The molecule has 0 rings (SSSR count). The third-order valence-electron chi connectivity index (χ3n) is 9.24. The first-order chi connectivity index (χ1) is 20.7. The Labute approximate surface area is 266 Å². The molecule has 0 amide bonds. The van der Waals surface area contributed by atoms with Crippen molar-refractivity contribution in [2.24, 2.45) is 0 Å². The minimum absolute atomic E-state index is 0.0806. The Hall–Kier alpha value is -0.570. The van der Waals surface area contributed by atoms with Crippen LogP contribution in [0.25, 0.3) is 0 Å². The monoisotopic (exact) mass is 594 g/mol. The molecule has 3 heteroatoms. The molecule has 0 saturated carbocycles. The van der Waals surface area contributed by atoms with Crippen molar-refractivity contribution in [3.63, 3.8) is 0 Å². The van der Waals surface area contributed by atoms with Crippen LogP contribution in [0, 0.1) is 0 Å². The van der Waals surface area contributed by atoms with E-state index in [4.69, 9.17) is 4.74 Å². The van der Waals surface area contributed by atoms with Crippen molar-refractivity contribution >= 4 is 5.97 Å². The maximum Gasteiger partial charge on any atom is 0.319 e. The minimum atomic E-state index is -0.0806. The number of esters is 1. The first-order valence-corrected chi connectivity index (χ1v) is 19.5. The molecule has 0 aromatic carbocycles. The van der Waals surface area contributed by atoms with E-state index in [1.807, 2.05) is 0 Å². The average molecular weight is 594 g/mol. The van der Waals surface area contributed by atoms with E-state index >= 15 is 0 Å². The molecule has 0 atom stereocenters. The predicted octanol–water partition coefficient (Wildman–Crippen LogP) is 13.0. The van der Waals surface area contributed by atoms with Gasteiger partial charge in [-0.3, -0.25) is 9.69 Å². The molecule has 0 aromatic rings.